The summed E-state index contributed by atoms with van der Waals surface area (Å²) in [6, 6.07) is 7.35. The van der Waals surface area contributed by atoms with Gasteiger partial charge < -0.3 is 5.32 Å². The third kappa shape index (κ3) is 5.52. The van der Waals surface area contributed by atoms with E-state index < -0.39 is 10.0 Å². The van der Waals surface area contributed by atoms with Gasteiger partial charge >= 0.3 is 0 Å². The smallest absolute Gasteiger partial charge is 0.240 e. The van der Waals surface area contributed by atoms with Crippen LogP contribution in [0.2, 0.25) is 0 Å². The minimum atomic E-state index is -3.44. The van der Waals surface area contributed by atoms with Crippen molar-refractivity contribution in [3.63, 3.8) is 0 Å². The SMILES string of the molecule is Cc1ccc(S(=O)(=O)NCC2CCC(Nc3nc(-c4nc(C)sc4C)cs3)CC2)cc1. The van der Waals surface area contributed by atoms with Crippen LogP contribution in [-0.2, 0) is 10.0 Å². The average molecular weight is 477 g/mol. The first-order chi connectivity index (χ1) is 14.8. The summed E-state index contributed by atoms with van der Waals surface area (Å²) in [5.41, 5.74) is 2.97. The van der Waals surface area contributed by atoms with Crippen molar-refractivity contribution in [1.82, 2.24) is 14.7 Å². The largest absolute Gasteiger partial charge is 0.359 e. The number of nitrogens with one attached hydrogen (secondary N) is 2. The van der Waals surface area contributed by atoms with Gasteiger partial charge in [0.1, 0.15) is 11.4 Å². The molecule has 1 aliphatic carbocycles. The molecule has 0 radical (unpaired) electrons. The lowest BCUT2D eigenvalue weighted by Gasteiger charge is -2.29. The van der Waals surface area contributed by atoms with E-state index in [0.29, 0.717) is 23.4 Å². The second-order valence-corrected chi connectivity index (χ2v) is 12.2. The molecule has 0 spiro atoms. The Bertz CT molecular complexity index is 1130. The Morgan fingerprint density at radius 3 is 2.39 bits per heavy atom. The Labute approximate surface area is 192 Å². The Kier molecular flexibility index (Phi) is 6.76. The zero-order valence-corrected chi connectivity index (χ0v) is 20.5. The molecule has 166 valence electrons. The topological polar surface area (TPSA) is 84.0 Å². The minimum Gasteiger partial charge on any atom is -0.359 e. The molecular weight excluding hydrogens is 448 g/mol. The predicted molar refractivity (Wildman–Crippen MR) is 128 cm³/mol. The molecule has 1 fully saturated rings. The fraction of sp³-hybridized carbons (Fsp3) is 0.455. The maximum Gasteiger partial charge on any atom is 0.240 e. The summed E-state index contributed by atoms with van der Waals surface area (Å²) in [4.78, 5) is 10.9. The van der Waals surface area contributed by atoms with Gasteiger partial charge in [0.2, 0.25) is 10.0 Å². The number of benzene rings is 1. The highest BCUT2D eigenvalue weighted by Crippen LogP contribution is 2.32. The normalized spacial score (nSPS) is 19.5. The van der Waals surface area contributed by atoms with Crippen LogP contribution < -0.4 is 10.0 Å². The highest BCUT2D eigenvalue weighted by atomic mass is 32.2. The Hall–Kier alpha value is -1.81. The molecule has 1 saturated carbocycles. The predicted octanol–water partition coefficient (Wildman–Crippen LogP) is 5.14. The van der Waals surface area contributed by atoms with Crippen LogP contribution in [0.3, 0.4) is 0 Å². The third-order valence-electron chi connectivity index (χ3n) is 5.72. The van der Waals surface area contributed by atoms with E-state index >= 15 is 0 Å². The molecule has 2 heterocycles. The molecule has 0 saturated heterocycles. The summed E-state index contributed by atoms with van der Waals surface area (Å²) < 4.78 is 27.8. The molecule has 4 rings (SSSR count). The standard InChI is InChI=1S/C22H28N4O2S3/c1-14-4-10-19(11-5-14)31(27,28)23-12-17-6-8-18(9-7-17)25-22-26-20(13-29-22)21-15(2)30-16(3)24-21/h4-5,10-11,13,17-18,23H,6-9,12H2,1-3H3,(H,25,26). The summed E-state index contributed by atoms with van der Waals surface area (Å²) in [5.74, 6) is 0.366. The first kappa shape index (κ1) is 22.4. The molecule has 3 aromatic rings. The summed E-state index contributed by atoms with van der Waals surface area (Å²) in [6.07, 6.45) is 4.02. The van der Waals surface area contributed by atoms with Crippen molar-refractivity contribution in [2.75, 3.05) is 11.9 Å². The number of thiazole rings is 2. The van der Waals surface area contributed by atoms with Crippen LogP contribution in [0.1, 0.15) is 41.1 Å². The quantitative estimate of drug-likeness (QED) is 0.493. The number of sulfonamides is 1. The van der Waals surface area contributed by atoms with Crippen LogP contribution in [-0.4, -0.2) is 31.0 Å². The van der Waals surface area contributed by atoms with Crippen LogP contribution in [0.5, 0.6) is 0 Å². The van der Waals surface area contributed by atoms with Crippen molar-refractivity contribution in [1.29, 1.82) is 0 Å². The molecule has 6 nitrogen and oxygen atoms in total. The Balaban J connectivity index is 1.26. The zero-order valence-electron chi connectivity index (χ0n) is 18.0. The van der Waals surface area contributed by atoms with E-state index in [1.807, 2.05) is 26.0 Å². The van der Waals surface area contributed by atoms with Gasteiger partial charge in [0.15, 0.2) is 5.13 Å². The van der Waals surface area contributed by atoms with Gasteiger partial charge in [-0.25, -0.2) is 23.1 Å². The van der Waals surface area contributed by atoms with Crippen LogP contribution in [0.4, 0.5) is 5.13 Å². The van der Waals surface area contributed by atoms with Crippen LogP contribution >= 0.6 is 22.7 Å². The monoisotopic (exact) mass is 476 g/mol. The highest BCUT2D eigenvalue weighted by molar-refractivity contribution is 7.89. The molecule has 0 aliphatic heterocycles. The van der Waals surface area contributed by atoms with Gasteiger partial charge in [0.05, 0.1) is 9.90 Å². The molecule has 0 unspecified atom stereocenters. The van der Waals surface area contributed by atoms with Gasteiger partial charge in [0, 0.05) is 22.8 Å². The molecule has 2 aromatic heterocycles. The second kappa shape index (κ2) is 9.36. The van der Waals surface area contributed by atoms with Gasteiger partial charge in [-0.1, -0.05) is 17.7 Å². The lowest BCUT2D eigenvalue weighted by molar-refractivity contribution is 0.337. The van der Waals surface area contributed by atoms with E-state index in [2.05, 4.69) is 27.3 Å². The number of hydrogen-bond donors (Lipinski definition) is 2. The molecule has 1 aromatic carbocycles. The molecular formula is C22H28N4O2S3. The molecule has 2 N–H and O–H groups in total. The van der Waals surface area contributed by atoms with Crippen molar-refractivity contribution >= 4 is 37.8 Å². The Morgan fingerprint density at radius 1 is 1.03 bits per heavy atom. The molecule has 0 atom stereocenters. The molecule has 1 aliphatic rings. The molecule has 0 bridgehead atoms. The van der Waals surface area contributed by atoms with E-state index in [4.69, 9.17) is 4.98 Å². The third-order valence-corrected chi connectivity index (χ3v) is 8.82. The number of nitrogens with zero attached hydrogens (tertiary/aromatic N) is 2. The van der Waals surface area contributed by atoms with E-state index in [1.54, 1.807) is 34.8 Å². The molecule has 0 amide bonds. The maximum absolute atomic E-state index is 12.5. The van der Waals surface area contributed by atoms with Crippen molar-refractivity contribution < 1.29 is 8.42 Å². The summed E-state index contributed by atoms with van der Waals surface area (Å²) in [7, 11) is -3.44. The molecule has 9 heteroatoms. The van der Waals surface area contributed by atoms with Crippen molar-refractivity contribution in [2.45, 2.75) is 57.4 Å². The maximum atomic E-state index is 12.5. The zero-order chi connectivity index (χ0) is 22.0. The fourth-order valence-corrected chi connectivity index (χ4v) is 6.65. The minimum absolute atomic E-state index is 0.332. The first-order valence-electron chi connectivity index (χ1n) is 10.5. The van der Waals surface area contributed by atoms with E-state index in [1.165, 1.54) is 4.88 Å². The van der Waals surface area contributed by atoms with Crippen molar-refractivity contribution in [3.05, 3.63) is 45.1 Å². The van der Waals surface area contributed by atoms with E-state index in [9.17, 15) is 8.42 Å². The van der Waals surface area contributed by atoms with Crippen molar-refractivity contribution in [3.8, 4) is 11.4 Å². The van der Waals surface area contributed by atoms with E-state index in [-0.39, 0.29) is 0 Å². The summed E-state index contributed by atoms with van der Waals surface area (Å²) in [5, 5.41) is 7.63. The van der Waals surface area contributed by atoms with Gasteiger partial charge in [-0.3, -0.25) is 0 Å². The second-order valence-electron chi connectivity index (χ2n) is 8.20. The van der Waals surface area contributed by atoms with Crippen LogP contribution in [0.15, 0.2) is 34.5 Å². The summed E-state index contributed by atoms with van der Waals surface area (Å²) in [6.45, 7) is 6.55. The van der Waals surface area contributed by atoms with Gasteiger partial charge in [-0.2, -0.15) is 0 Å². The highest BCUT2D eigenvalue weighted by Gasteiger charge is 2.24. The van der Waals surface area contributed by atoms with Gasteiger partial charge in [-0.15, -0.1) is 22.7 Å². The average Bonchev–Trinajstić information content (AvgIpc) is 3.33. The number of aryl methyl sites for hydroxylation is 3. The number of rotatable bonds is 7. The van der Waals surface area contributed by atoms with Crippen LogP contribution in [0, 0.1) is 26.7 Å². The van der Waals surface area contributed by atoms with E-state index in [0.717, 1.165) is 52.8 Å². The van der Waals surface area contributed by atoms with Crippen molar-refractivity contribution in [2.24, 2.45) is 5.92 Å². The number of anilines is 1. The Morgan fingerprint density at radius 2 is 1.74 bits per heavy atom. The first-order valence-corrected chi connectivity index (χ1v) is 13.7. The van der Waals surface area contributed by atoms with Crippen LogP contribution in [0.25, 0.3) is 11.4 Å². The number of aromatic nitrogens is 2. The van der Waals surface area contributed by atoms with Gasteiger partial charge in [-0.05, 0) is 64.5 Å². The number of hydrogen-bond acceptors (Lipinski definition) is 7. The van der Waals surface area contributed by atoms with Gasteiger partial charge in [0.25, 0.3) is 0 Å². The fourth-order valence-electron chi connectivity index (χ4n) is 3.93. The summed E-state index contributed by atoms with van der Waals surface area (Å²) >= 11 is 3.32. The lowest BCUT2D eigenvalue weighted by Crippen LogP contribution is -2.34. The lowest BCUT2D eigenvalue weighted by atomic mass is 9.86. The molecule has 31 heavy (non-hydrogen) atoms.